The molecule has 0 fully saturated rings. The first-order valence-electron chi connectivity index (χ1n) is 10.4. The van der Waals surface area contributed by atoms with Crippen molar-refractivity contribution in [1.29, 1.82) is 0 Å². The van der Waals surface area contributed by atoms with Gasteiger partial charge in [0.05, 0.1) is 0 Å². The number of carbonyl (C=O) groups excluding carboxylic acids is 1. The quantitative estimate of drug-likeness (QED) is 0.290. The standard InChI is InChI=1S/C25H18F5NO4/c1-31(18(24(32)33)10-16-19(26)21(28)23(30)22(29)20(16)27)25(34)35-11-17-14-8-4-2-6-12(14)13-7-3-5-9-15(13)17/h2-9,17-18H,10-11H2,1H3,(H,32,33). The molecule has 3 aromatic carbocycles. The lowest BCUT2D eigenvalue weighted by molar-refractivity contribution is -0.142. The number of nitrogens with zero attached hydrogens (tertiary/aromatic N) is 1. The molecule has 0 saturated carbocycles. The number of hydrogen-bond donors (Lipinski definition) is 1. The number of amides is 1. The third kappa shape index (κ3) is 4.20. The predicted molar refractivity (Wildman–Crippen MR) is 114 cm³/mol. The zero-order valence-electron chi connectivity index (χ0n) is 18.2. The second kappa shape index (κ2) is 9.36. The summed E-state index contributed by atoms with van der Waals surface area (Å²) in [6, 6.07) is 13.0. The van der Waals surface area contributed by atoms with Crippen LogP contribution < -0.4 is 0 Å². The van der Waals surface area contributed by atoms with Gasteiger partial charge in [-0.3, -0.25) is 4.90 Å². The minimum Gasteiger partial charge on any atom is -0.480 e. The molecule has 0 aromatic heterocycles. The second-order valence-corrected chi connectivity index (χ2v) is 8.02. The number of halogens is 5. The van der Waals surface area contributed by atoms with E-state index in [2.05, 4.69) is 0 Å². The molecule has 1 aliphatic rings. The van der Waals surface area contributed by atoms with Crippen molar-refractivity contribution >= 4 is 12.1 Å². The Balaban J connectivity index is 1.54. The first-order chi connectivity index (χ1) is 16.6. The average molecular weight is 491 g/mol. The Morgan fingerprint density at radius 3 is 1.80 bits per heavy atom. The van der Waals surface area contributed by atoms with Gasteiger partial charge in [0.1, 0.15) is 12.6 Å². The monoisotopic (exact) mass is 491 g/mol. The highest BCUT2D eigenvalue weighted by Gasteiger charge is 2.35. The van der Waals surface area contributed by atoms with Crippen LogP contribution in [0.25, 0.3) is 11.1 Å². The van der Waals surface area contributed by atoms with Gasteiger partial charge < -0.3 is 9.84 Å². The fourth-order valence-corrected chi connectivity index (χ4v) is 4.24. The first-order valence-corrected chi connectivity index (χ1v) is 10.4. The molecule has 10 heteroatoms. The van der Waals surface area contributed by atoms with Gasteiger partial charge in [-0.2, -0.15) is 0 Å². The van der Waals surface area contributed by atoms with Gasteiger partial charge in [0.15, 0.2) is 23.3 Å². The van der Waals surface area contributed by atoms with Crippen LogP contribution in [0.3, 0.4) is 0 Å². The smallest absolute Gasteiger partial charge is 0.410 e. The number of likely N-dealkylation sites (N-methyl/N-ethyl adjacent to an activating group) is 1. The Labute approximate surface area is 196 Å². The number of ether oxygens (including phenoxy) is 1. The molecule has 0 heterocycles. The highest BCUT2D eigenvalue weighted by molar-refractivity contribution is 5.81. The van der Waals surface area contributed by atoms with Gasteiger partial charge in [-0.05, 0) is 22.3 Å². The summed E-state index contributed by atoms with van der Waals surface area (Å²) in [5, 5.41) is 9.51. The van der Waals surface area contributed by atoms with Crippen LogP contribution >= 0.6 is 0 Å². The van der Waals surface area contributed by atoms with E-state index in [4.69, 9.17) is 4.74 Å². The largest absolute Gasteiger partial charge is 0.480 e. The molecule has 3 aromatic rings. The predicted octanol–water partition coefficient (Wildman–Crippen LogP) is 5.26. The van der Waals surface area contributed by atoms with Gasteiger partial charge in [-0.15, -0.1) is 0 Å². The molecule has 5 nitrogen and oxygen atoms in total. The molecule has 1 amide bonds. The number of carbonyl (C=O) groups is 2. The van der Waals surface area contributed by atoms with Crippen molar-refractivity contribution in [3.8, 4) is 11.1 Å². The van der Waals surface area contributed by atoms with Crippen molar-refractivity contribution in [2.75, 3.05) is 13.7 Å². The fourth-order valence-electron chi connectivity index (χ4n) is 4.24. The van der Waals surface area contributed by atoms with Crippen molar-refractivity contribution in [2.24, 2.45) is 0 Å². The topological polar surface area (TPSA) is 66.8 Å². The number of fused-ring (bicyclic) bond motifs is 3. The summed E-state index contributed by atoms with van der Waals surface area (Å²) in [7, 11) is 1.00. The third-order valence-corrected chi connectivity index (χ3v) is 6.07. The molecular formula is C25H18F5NO4. The lowest BCUT2D eigenvalue weighted by Crippen LogP contribution is -2.44. The highest BCUT2D eigenvalue weighted by atomic mass is 19.2. The maximum atomic E-state index is 14.1. The van der Waals surface area contributed by atoms with Crippen molar-refractivity contribution in [3.05, 3.63) is 94.3 Å². The normalized spacial score (nSPS) is 13.2. The molecule has 1 N–H and O–H groups in total. The second-order valence-electron chi connectivity index (χ2n) is 8.02. The van der Waals surface area contributed by atoms with E-state index in [1.54, 1.807) is 0 Å². The van der Waals surface area contributed by atoms with Gasteiger partial charge in [-0.1, -0.05) is 48.5 Å². The van der Waals surface area contributed by atoms with Crippen LogP contribution in [-0.4, -0.2) is 41.8 Å². The minimum absolute atomic E-state index is 0.161. The third-order valence-electron chi connectivity index (χ3n) is 6.07. The zero-order valence-corrected chi connectivity index (χ0v) is 18.2. The molecule has 0 saturated heterocycles. The summed E-state index contributed by atoms with van der Waals surface area (Å²) in [4.78, 5) is 25.0. The Morgan fingerprint density at radius 1 is 0.857 bits per heavy atom. The van der Waals surface area contributed by atoms with E-state index in [9.17, 15) is 36.6 Å². The maximum absolute atomic E-state index is 14.1. The summed E-state index contributed by atoms with van der Waals surface area (Å²) in [6.45, 7) is -0.161. The van der Waals surface area contributed by atoms with Gasteiger partial charge in [-0.25, -0.2) is 31.5 Å². The number of aliphatic carboxylic acids is 1. The Kier molecular flexibility index (Phi) is 6.47. The summed E-state index contributed by atoms with van der Waals surface area (Å²) in [5.41, 5.74) is 2.40. The number of carboxylic acid groups (broad SMARTS) is 1. The van der Waals surface area contributed by atoms with Crippen LogP contribution in [0.15, 0.2) is 48.5 Å². The minimum atomic E-state index is -2.36. The van der Waals surface area contributed by atoms with Crippen molar-refractivity contribution in [2.45, 2.75) is 18.4 Å². The van der Waals surface area contributed by atoms with Crippen molar-refractivity contribution < 1.29 is 41.4 Å². The summed E-state index contributed by atoms with van der Waals surface area (Å²) in [6.07, 6.45) is -2.30. The fraction of sp³-hybridized carbons (Fsp3) is 0.200. The van der Waals surface area contributed by atoms with E-state index >= 15 is 0 Å². The van der Waals surface area contributed by atoms with E-state index in [-0.39, 0.29) is 12.5 Å². The van der Waals surface area contributed by atoms with Gasteiger partial charge in [0, 0.05) is 24.9 Å². The van der Waals surface area contributed by atoms with Gasteiger partial charge in [0.25, 0.3) is 0 Å². The first kappa shape index (κ1) is 24.2. The Hall–Kier alpha value is -3.95. The van der Waals surface area contributed by atoms with Crippen molar-refractivity contribution in [1.82, 2.24) is 4.90 Å². The van der Waals surface area contributed by atoms with E-state index in [0.717, 1.165) is 29.3 Å². The van der Waals surface area contributed by atoms with Gasteiger partial charge in [0.2, 0.25) is 5.82 Å². The van der Waals surface area contributed by atoms with Crippen LogP contribution in [0.4, 0.5) is 26.7 Å². The van der Waals surface area contributed by atoms with Crippen LogP contribution in [0.2, 0.25) is 0 Å². The summed E-state index contributed by atoms with van der Waals surface area (Å²) < 4.78 is 73.9. The maximum Gasteiger partial charge on any atom is 0.410 e. The molecule has 0 spiro atoms. The van der Waals surface area contributed by atoms with Gasteiger partial charge >= 0.3 is 12.1 Å². The number of carboxylic acids is 1. The van der Waals surface area contributed by atoms with Crippen molar-refractivity contribution in [3.63, 3.8) is 0 Å². The molecule has 35 heavy (non-hydrogen) atoms. The molecular weight excluding hydrogens is 473 g/mol. The van der Waals surface area contributed by atoms with Crippen LogP contribution in [0.1, 0.15) is 22.6 Å². The summed E-state index contributed by atoms with van der Waals surface area (Å²) in [5.74, 6) is -13.1. The zero-order chi connectivity index (χ0) is 25.4. The number of benzene rings is 3. The molecule has 0 radical (unpaired) electrons. The van der Waals surface area contributed by atoms with Crippen LogP contribution in [-0.2, 0) is 16.0 Å². The molecule has 0 bridgehead atoms. The summed E-state index contributed by atoms with van der Waals surface area (Å²) >= 11 is 0. The van der Waals surface area contributed by atoms with E-state index in [0.29, 0.717) is 4.90 Å². The average Bonchev–Trinajstić information content (AvgIpc) is 3.18. The Morgan fingerprint density at radius 2 is 1.31 bits per heavy atom. The lowest BCUT2D eigenvalue weighted by Gasteiger charge is -2.25. The van der Waals surface area contributed by atoms with Crippen LogP contribution in [0, 0.1) is 29.1 Å². The van der Waals surface area contributed by atoms with E-state index < -0.39 is 59.2 Å². The molecule has 1 aliphatic carbocycles. The number of rotatable bonds is 6. The molecule has 1 unspecified atom stereocenters. The number of hydrogen-bond acceptors (Lipinski definition) is 3. The molecule has 1 atom stereocenters. The van der Waals surface area contributed by atoms with E-state index in [1.807, 2.05) is 48.5 Å². The lowest BCUT2D eigenvalue weighted by atomic mass is 9.98. The molecule has 0 aliphatic heterocycles. The van der Waals surface area contributed by atoms with Crippen LogP contribution in [0.5, 0.6) is 0 Å². The highest BCUT2D eigenvalue weighted by Crippen LogP contribution is 2.44. The van der Waals surface area contributed by atoms with E-state index in [1.165, 1.54) is 0 Å². The SMILES string of the molecule is CN(C(=O)OCC1c2ccccc2-c2ccccc21)C(Cc1c(F)c(F)c(F)c(F)c1F)C(=O)O. The molecule has 182 valence electrons. The molecule has 4 rings (SSSR count). The Bertz CT molecular complexity index is 1250.